The third-order valence-corrected chi connectivity index (χ3v) is 4.91. The van der Waals surface area contributed by atoms with Gasteiger partial charge in [-0.3, -0.25) is 4.90 Å². The van der Waals surface area contributed by atoms with Crippen molar-refractivity contribution in [2.24, 2.45) is 0 Å². The van der Waals surface area contributed by atoms with Crippen LogP contribution in [0.4, 0.5) is 0 Å². The molecule has 0 atom stereocenters. The van der Waals surface area contributed by atoms with Crippen LogP contribution in [0.15, 0.2) is 42.6 Å². The van der Waals surface area contributed by atoms with Crippen LogP contribution in [0.3, 0.4) is 0 Å². The van der Waals surface area contributed by atoms with Gasteiger partial charge in [0.15, 0.2) is 0 Å². The Morgan fingerprint density at radius 1 is 1.12 bits per heavy atom. The third kappa shape index (κ3) is 3.86. The molecule has 1 aliphatic rings. The van der Waals surface area contributed by atoms with E-state index >= 15 is 0 Å². The van der Waals surface area contributed by atoms with Crippen molar-refractivity contribution in [3.05, 3.63) is 48.3 Å². The van der Waals surface area contributed by atoms with Crippen LogP contribution in [0, 0.1) is 0 Å². The molecular weight excluding hydrogens is 300 g/mol. The molecule has 130 valence electrons. The second-order valence-electron chi connectivity index (χ2n) is 6.97. The molecule has 1 saturated heterocycles. The number of rotatable bonds is 6. The minimum Gasteiger partial charge on any atom is -0.377 e. The number of para-hydroxylation sites is 1. The van der Waals surface area contributed by atoms with Gasteiger partial charge in [-0.2, -0.15) is 5.10 Å². The monoisotopic (exact) mass is 328 g/mol. The van der Waals surface area contributed by atoms with E-state index < -0.39 is 0 Å². The van der Waals surface area contributed by atoms with Crippen molar-refractivity contribution >= 4 is 0 Å². The fourth-order valence-corrected chi connectivity index (χ4v) is 3.60. The molecule has 1 aliphatic heterocycles. The molecule has 2 aromatic rings. The van der Waals surface area contributed by atoms with Gasteiger partial charge in [0.05, 0.1) is 17.0 Å². The average molecular weight is 328 g/mol. The molecule has 0 spiro atoms. The Labute approximate surface area is 144 Å². The highest BCUT2D eigenvalue weighted by Gasteiger charge is 2.35. The van der Waals surface area contributed by atoms with Crippen molar-refractivity contribution in [3.63, 3.8) is 0 Å². The zero-order valence-electron chi connectivity index (χ0n) is 15.0. The number of nitrogens with zero attached hydrogens (tertiary/aromatic N) is 4. The van der Waals surface area contributed by atoms with E-state index in [0.29, 0.717) is 0 Å². The molecule has 1 fully saturated rings. The van der Waals surface area contributed by atoms with Gasteiger partial charge in [-0.05, 0) is 45.1 Å². The molecule has 0 amide bonds. The number of hydrogen-bond acceptors (Lipinski definition) is 4. The van der Waals surface area contributed by atoms with Gasteiger partial charge < -0.3 is 9.64 Å². The molecule has 0 saturated carbocycles. The second kappa shape index (κ2) is 7.47. The number of likely N-dealkylation sites (N-methyl/N-ethyl adjacent to an activating group) is 1. The normalized spacial score (nSPS) is 18.2. The maximum Gasteiger partial charge on any atom is 0.0829 e. The number of benzene rings is 1. The molecule has 24 heavy (non-hydrogen) atoms. The van der Waals surface area contributed by atoms with Gasteiger partial charge in [0.25, 0.3) is 0 Å². The van der Waals surface area contributed by atoms with E-state index in [-0.39, 0.29) is 5.60 Å². The topological polar surface area (TPSA) is 33.5 Å². The molecule has 0 N–H and O–H groups in total. The maximum absolute atomic E-state index is 5.88. The van der Waals surface area contributed by atoms with Crippen LogP contribution >= 0.6 is 0 Å². The summed E-state index contributed by atoms with van der Waals surface area (Å²) in [6.45, 7) is 4.03. The van der Waals surface area contributed by atoms with Crippen molar-refractivity contribution < 1.29 is 4.74 Å². The van der Waals surface area contributed by atoms with E-state index in [9.17, 15) is 0 Å². The van der Waals surface area contributed by atoms with Gasteiger partial charge in [-0.1, -0.05) is 18.2 Å². The van der Waals surface area contributed by atoms with E-state index in [0.717, 1.165) is 44.7 Å². The van der Waals surface area contributed by atoms with Gasteiger partial charge in [0.2, 0.25) is 0 Å². The van der Waals surface area contributed by atoms with Crippen molar-refractivity contribution in [2.45, 2.75) is 25.0 Å². The van der Waals surface area contributed by atoms with Crippen molar-refractivity contribution in [3.8, 4) is 5.69 Å². The first kappa shape index (κ1) is 17.1. The summed E-state index contributed by atoms with van der Waals surface area (Å²) in [5, 5.41) is 4.49. The van der Waals surface area contributed by atoms with Crippen molar-refractivity contribution in [2.75, 3.05) is 40.8 Å². The van der Waals surface area contributed by atoms with Gasteiger partial charge >= 0.3 is 0 Å². The predicted octanol–water partition coefficient (Wildman–Crippen LogP) is 2.41. The van der Waals surface area contributed by atoms with E-state index in [2.05, 4.69) is 59.3 Å². The Hall–Kier alpha value is -1.69. The number of ether oxygens (including phenoxy) is 1. The number of methoxy groups -OCH3 is 1. The molecule has 0 unspecified atom stereocenters. The minimum atomic E-state index is -0.000323. The highest BCUT2D eigenvalue weighted by molar-refractivity contribution is 5.32. The molecule has 0 radical (unpaired) electrons. The summed E-state index contributed by atoms with van der Waals surface area (Å²) in [5.74, 6) is 0. The fraction of sp³-hybridized carbons (Fsp3) is 0.526. The third-order valence-electron chi connectivity index (χ3n) is 4.91. The Morgan fingerprint density at radius 2 is 1.83 bits per heavy atom. The molecule has 2 heterocycles. The quantitative estimate of drug-likeness (QED) is 0.815. The van der Waals surface area contributed by atoms with E-state index in [4.69, 9.17) is 4.74 Å². The zero-order valence-corrected chi connectivity index (χ0v) is 15.0. The lowest BCUT2D eigenvalue weighted by Gasteiger charge is -2.42. The zero-order chi connectivity index (χ0) is 17.0. The van der Waals surface area contributed by atoms with Crippen LogP contribution in [0.25, 0.3) is 5.69 Å². The number of piperidine rings is 1. The first-order valence-electron chi connectivity index (χ1n) is 8.62. The molecule has 1 aromatic heterocycles. The molecule has 0 aliphatic carbocycles. The lowest BCUT2D eigenvalue weighted by Crippen LogP contribution is -2.50. The summed E-state index contributed by atoms with van der Waals surface area (Å²) >= 11 is 0. The Kier molecular flexibility index (Phi) is 5.33. The molecule has 5 heteroatoms. The minimum absolute atomic E-state index is 0.000323. The lowest BCUT2D eigenvalue weighted by atomic mass is 9.90. The summed E-state index contributed by atoms with van der Waals surface area (Å²) in [5.41, 5.74) is 2.35. The van der Waals surface area contributed by atoms with Gasteiger partial charge in [-0.15, -0.1) is 0 Å². The maximum atomic E-state index is 5.88. The summed E-state index contributed by atoms with van der Waals surface area (Å²) < 4.78 is 7.92. The standard InChI is InChI=1S/C19H28N4O/c1-21(2)16-19(24-3)10-13-22(14-11-19)15-18-9-12-20-23(18)17-7-5-4-6-8-17/h4-9,12H,10-11,13-16H2,1-3H3. The van der Waals surface area contributed by atoms with E-state index in [1.807, 2.05) is 24.1 Å². The first-order valence-corrected chi connectivity index (χ1v) is 8.62. The predicted molar refractivity (Wildman–Crippen MR) is 96.4 cm³/mol. The highest BCUT2D eigenvalue weighted by Crippen LogP contribution is 2.27. The highest BCUT2D eigenvalue weighted by atomic mass is 16.5. The summed E-state index contributed by atoms with van der Waals surface area (Å²) in [6, 6.07) is 12.4. The van der Waals surface area contributed by atoms with Gasteiger partial charge in [0.1, 0.15) is 0 Å². The number of hydrogen-bond donors (Lipinski definition) is 0. The fourth-order valence-electron chi connectivity index (χ4n) is 3.60. The van der Waals surface area contributed by atoms with Crippen LogP contribution in [-0.4, -0.2) is 66.0 Å². The van der Waals surface area contributed by atoms with Crippen molar-refractivity contribution in [1.29, 1.82) is 0 Å². The van der Waals surface area contributed by atoms with Crippen LogP contribution in [0.1, 0.15) is 18.5 Å². The molecule has 1 aromatic carbocycles. The van der Waals surface area contributed by atoms with Crippen LogP contribution in [-0.2, 0) is 11.3 Å². The molecule has 0 bridgehead atoms. The van der Waals surface area contributed by atoms with Crippen LogP contribution < -0.4 is 0 Å². The van der Waals surface area contributed by atoms with E-state index in [1.54, 1.807) is 0 Å². The average Bonchev–Trinajstić information content (AvgIpc) is 3.05. The Morgan fingerprint density at radius 3 is 2.46 bits per heavy atom. The molecular formula is C19H28N4O. The van der Waals surface area contributed by atoms with Crippen LogP contribution in [0.2, 0.25) is 0 Å². The first-order chi connectivity index (χ1) is 11.6. The Bertz CT molecular complexity index is 630. The molecule has 3 rings (SSSR count). The SMILES string of the molecule is COC1(CN(C)C)CCN(Cc2ccnn2-c2ccccc2)CC1. The van der Waals surface area contributed by atoms with E-state index in [1.165, 1.54) is 5.69 Å². The summed E-state index contributed by atoms with van der Waals surface area (Å²) in [4.78, 5) is 4.73. The summed E-state index contributed by atoms with van der Waals surface area (Å²) in [6.07, 6.45) is 4.03. The van der Waals surface area contributed by atoms with Crippen LogP contribution in [0.5, 0.6) is 0 Å². The van der Waals surface area contributed by atoms with Crippen molar-refractivity contribution in [1.82, 2.24) is 19.6 Å². The smallest absolute Gasteiger partial charge is 0.0829 e. The molecule has 5 nitrogen and oxygen atoms in total. The number of aromatic nitrogens is 2. The summed E-state index contributed by atoms with van der Waals surface area (Å²) in [7, 11) is 6.08. The number of likely N-dealkylation sites (tertiary alicyclic amines) is 1. The largest absolute Gasteiger partial charge is 0.377 e. The lowest BCUT2D eigenvalue weighted by molar-refractivity contribution is -0.0714. The Balaban J connectivity index is 1.64. The van der Waals surface area contributed by atoms with Gasteiger partial charge in [-0.25, -0.2) is 4.68 Å². The van der Waals surface area contributed by atoms with Gasteiger partial charge in [0, 0.05) is 39.5 Å². The second-order valence-corrected chi connectivity index (χ2v) is 6.97.